The van der Waals surface area contributed by atoms with E-state index in [1.165, 1.54) is 0 Å². The van der Waals surface area contributed by atoms with Gasteiger partial charge in [-0.25, -0.2) is 0 Å². The highest BCUT2D eigenvalue weighted by Gasteiger charge is 2.42. The number of carbonyl (C=O) groups is 1. The van der Waals surface area contributed by atoms with Crippen LogP contribution < -0.4 is 5.32 Å². The number of nitrogens with zero attached hydrogens (tertiary/aromatic N) is 2. The molecular weight excluding hydrogens is 210 g/mol. The molecule has 0 radical (unpaired) electrons. The molecule has 0 atom stereocenters. The highest BCUT2D eigenvalue weighted by Crippen LogP contribution is 2.49. The number of thiol groups is 1. The molecule has 2 rings (SSSR count). The molecule has 82 valence electrons. The summed E-state index contributed by atoms with van der Waals surface area (Å²) in [6.45, 7) is 0. The number of aryl methyl sites for hydroxylation is 1. The summed E-state index contributed by atoms with van der Waals surface area (Å²) in [5.41, 5.74) is 0.169. The van der Waals surface area contributed by atoms with Crippen LogP contribution in [0.5, 0.6) is 0 Å². The van der Waals surface area contributed by atoms with Crippen molar-refractivity contribution < 1.29 is 4.79 Å². The molecule has 1 aromatic rings. The van der Waals surface area contributed by atoms with Crippen molar-refractivity contribution in [1.82, 2.24) is 9.78 Å². The lowest BCUT2D eigenvalue weighted by atomic mass is 10.1. The maximum Gasteiger partial charge on any atom is 0.226 e. The van der Waals surface area contributed by atoms with Gasteiger partial charge in [0.05, 0.1) is 0 Å². The highest BCUT2D eigenvalue weighted by atomic mass is 32.1. The molecule has 0 saturated heterocycles. The fourth-order valence-electron chi connectivity index (χ4n) is 1.58. The number of hydrogen-bond acceptors (Lipinski definition) is 3. The molecule has 1 aliphatic carbocycles. The molecule has 1 amide bonds. The van der Waals surface area contributed by atoms with Crippen molar-refractivity contribution in [3.63, 3.8) is 0 Å². The molecule has 0 unspecified atom stereocenters. The van der Waals surface area contributed by atoms with Crippen molar-refractivity contribution in [3.05, 3.63) is 12.3 Å². The Kier molecular flexibility index (Phi) is 2.73. The van der Waals surface area contributed by atoms with Gasteiger partial charge in [0, 0.05) is 25.7 Å². The van der Waals surface area contributed by atoms with Gasteiger partial charge in [-0.3, -0.25) is 9.48 Å². The third kappa shape index (κ3) is 2.53. The maximum atomic E-state index is 11.6. The van der Waals surface area contributed by atoms with Gasteiger partial charge in [-0.2, -0.15) is 17.7 Å². The highest BCUT2D eigenvalue weighted by molar-refractivity contribution is 7.80. The van der Waals surface area contributed by atoms with Crippen molar-refractivity contribution in [3.8, 4) is 0 Å². The van der Waals surface area contributed by atoms with Crippen LogP contribution in [0, 0.1) is 5.41 Å². The van der Waals surface area contributed by atoms with Crippen LogP contribution in [0.2, 0.25) is 0 Å². The molecule has 1 saturated carbocycles. The average Bonchev–Trinajstić information content (AvgIpc) is 2.84. The van der Waals surface area contributed by atoms with Crippen LogP contribution in [0.4, 0.5) is 5.82 Å². The zero-order valence-corrected chi connectivity index (χ0v) is 9.63. The van der Waals surface area contributed by atoms with Gasteiger partial charge >= 0.3 is 0 Å². The topological polar surface area (TPSA) is 46.9 Å². The van der Waals surface area contributed by atoms with Crippen LogP contribution in [0.25, 0.3) is 0 Å². The number of anilines is 1. The normalized spacial score (nSPS) is 17.5. The third-order valence-corrected chi connectivity index (χ3v) is 3.48. The second-order valence-corrected chi connectivity index (χ2v) is 4.57. The molecule has 1 N–H and O–H groups in total. The van der Waals surface area contributed by atoms with Gasteiger partial charge < -0.3 is 5.32 Å². The lowest BCUT2D eigenvalue weighted by molar-refractivity contribution is -0.117. The summed E-state index contributed by atoms with van der Waals surface area (Å²) in [6.07, 6.45) is 4.60. The standard InChI is InChI=1S/C10H15N3OS/c1-13-5-2-8(12-13)11-9(14)6-10(7-15)3-4-10/h2,5,15H,3-4,6-7H2,1H3,(H,11,12,14). The molecule has 1 heterocycles. The van der Waals surface area contributed by atoms with Crippen molar-refractivity contribution in [1.29, 1.82) is 0 Å². The summed E-state index contributed by atoms with van der Waals surface area (Å²) in [7, 11) is 1.83. The maximum absolute atomic E-state index is 11.6. The summed E-state index contributed by atoms with van der Waals surface area (Å²) in [6, 6.07) is 1.79. The quantitative estimate of drug-likeness (QED) is 0.762. The van der Waals surface area contributed by atoms with E-state index in [9.17, 15) is 4.79 Å². The molecule has 4 nitrogen and oxygen atoms in total. The molecule has 1 aromatic heterocycles. The molecule has 15 heavy (non-hydrogen) atoms. The summed E-state index contributed by atoms with van der Waals surface area (Å²) in [5.74, 6) is 1.46. The van der Waals surface area contributed by atoms with E-state index in [0.29, 0.717) is 12.2 Å². The van der Waals surface area contributed by atoms with Gasteiger partial charge in [-0.05, 0) is 24.0 Å². The molecule has 0 aromatic carbocycles. The lowest BCUT2D eigenvalue weighted by Gasteiger charge is -2.10. The Labute approximate surface area is 94.5 Å². The predicted octanol–water partition coefficient (Wildman–Crippen LogP) is 1.46. The number of rotatable bonds is 4. The first kappa shape index (κ1) is 10.5. The minimum Gasteiger partial charge on any atom is -0.309 e. The molecule has 5 heteroatoms. The molecule has 0 spiro atoms. The third-order valence-electron chi connectivity index (χ3n) is 2.81. The Morgan fingerprint density at radius 1 is 1.73 bits per heavy atom. The van der Waals surface area contributed by atoms with Crippen molar-refractivity contribution >= 4 is 24.4 Å². The second-order valence-electron chi connectivity index (χ2n) is 4.26. The number of aromatic nitrogens is 2. The van der Waals surface area contributed by atoms with Gasteiger partial charge in [0.15, 0.2) is 5.82 Å². The van der Waals surface area contributed by atoms with Crippen LogP contribution >= 0.6 is 12.6 Å². The van der Waals surface area contributed by atoms with Gasteiger partial charge in [0.1, 0.15) is 0 Å². The van der Waals surface area contributed by atoms with Gasteiger partial charge in [0.2, 0.25) is 5.91 Å². The van der Waals surface area contributed by atoms with E-state index in [-0.39, 0.29) is 11.3 Å². The van der Waals surface area contributed by atoms with Crippen LogP contribution in [0.15, 0.2) is 12.3 Å². The largest absolute Gasteiger partial charge is 0.309 e. The number of carbonyl (C=O) groups excluding carboxylic acids is 1. The Morgan fingerprint density at radius 2 is 2.47 bits per heavy atom. The number of nitrogens with one attached hydrogen (secondary N) is 1. The Hall–Kier alpha value is -0.970. The molecule has 1 aliphatic rings. The second kappa shape index (κ2) is 3.89. The monoisotopic (exact) mass is 225 g/mol. The molecule has 1 fully saturated rings. The molecule has 0 aliphatic heterocycles. The van der Waals surface area contributed by atoms with Crippen LogP contribution in [-0.4, -0.2) is 21.4 Å². The average molecular weight is 225 g/mol. The summed E-state index contributed by atoms with van der Waals surface area (Å²) < 4.78 is 1.67. The Morgan fingerprint density at radius 3 is 2.93 bits per heavy atom. The van der Waals surface area contributed by atoms with Crippen molar-refractivity contribution in [2.45, 2.75) is 19.3 Å². The fraction of sp³-hybridized carbons (Fsp3) is 0.600. The smallest absolute Gasteiger partial charge is 0.226 e. The predicted molar refractivity (Wildman–Crippen MR) is 62.0 cm³/mol. The van der Waals surface area contributed by atoms with Crippen LogP contribution in [0.1, 0.15) is 19.3 Å². The minimum atomic E-state index is 0.0419. The Bertz CT molecular complexity index is 370. The van der Waals surface area contributed by atoms with Gasteiger partial charge in [-0.15, -0.1) is 0 Å². The van der Waals surface area contributed by atoms with E-state index >= 15 is 0 Å². The number of hydrogen-bond donors (Lipinski definition) is 2. The fourth-order valence-corrected chi connectivity index (χ4v) is 2.00. The summed E-state index contributed by atoms with van der Waals surface area (Å²) in [5, 5.41) is 6.88. The molecule has 0 bridgehead atoms. The first-order chi connectivity index (χ1) is 7.13. The van der Waals surface area contributed by atoms with E-state index in [1.54, 1.807) is 16.9 Å². The van der Waals surface area contributed by atoms with E-state index in [2.05, 4.69) is 23.0 Å². The van der Waals surface area contributed by atoms with Crippen LogP contribution in [-0.2, 0) is 11.8 Å². The lowest BCUT2D eigenvalue weighted by Crippen LogP contribution is -2.18. The van der Waals surface area contributed by atoms with Gasteiger partial charge in [0.25, 0.3) is 0 Å². The SMILES string of the molecule is Cn1ccc(NC(=O)CC2(CS)CC2)n1. The van der Waals surface area contributed by atoms with Gasteiger partial charge in [-0.1, -0.05) is 0 Å². The van der Waals surface area contributed by atoms with E-state index < -0.39 is 0 Å². The van der Waals surface area contributed by atoms with Crippen molar-refractivity contribution in [2.24, 2.45) is 12.5 Å². The van der Waals surface area contributed by atoms with E-state index in [1.807, 2.05) is 7.05 Å². The summed E-state index contributed by atoms with van der Waals surface area (Å²) >= 11 is 4.27. The van der Waals surface area contributed by atoms with Crippen molar-refractivity contribution in [2.75, 3.05) is 11.1 Å². The first-order valence-electron chi connectivity index (χ1n) is 5.04. The molecular formula is C10H15N3OS. The van der Waals surface area contributed by atoms with E-state index in [4.69, 9.17) is 0 Å². The van der Waals surface area contributed by atoms with Crippen LogP contribution in [0.3, 0.4) is 0 Å². The zero-order valence-electron chi connectivity index (χ0n) is 8.73. The first-order valence-corrected chi connectivity index (χ1v) is 5.67. The zero-order chi connectivity index (χ0) is 10.9. The Balaban J connectivity index is 1.87. The minimum absolute atomic E-state index is 0.0419. The summed E-state index contributed by atoms with van der Waals surface area (Å²) in [4.78, 5) is 11.6. The van der Waals surface area contributed by atoms with E-state index in [0.717, 1.165) is 18.6 Å². The number of amides is 1.